The van der Waals surface area contributed by atoms with Crippen molar-refractivity contribution in [3.8, 4) is 0 Å². The van der Waals surface area contributed by atoms with Crippen LogP contribution in [-0.4, -0.2) is 29.5 Å². The highest BCUT2D eigenvalue weighted by molar-refractivity contribution is 5.89. The van der Waals surface area contributed by atoms with Gasteiger partial charge in [0.05, 0.1) is 18.7 Å². The van der Waals surface area contributed by atoms with Gasteiger partial charge in [0.2, 0.25) is 0 Å². The minimum absolute atomic E-state index is 0.239. The van der Waals surface area contributed by atoms with E-state index in [0.717, 1.165) is 0 Å². The zero-order valence-corrected chi connectivity index (χ0v) is 6.33. The predicted octanol–water partition coefficient (Wildman–Crippen LogP) is 0.779. The number of nitrogens with zero attached hydrogens (tertiary/aromatic N) is 1. The van der Waals surface area contributed by atoms with E-state index >= 15 is 0 Å². The van der Waals surface area contributed by atoms with Gasteiger partial charge in [-0.15, -0.1) is 0 Å². The molecule has 0 bridgehead atoms. The van der Waals surface area contributed by atoms with Gasteiger partial charge in [-0.2, -0.15) is 0 Å². The summed E-state index contributed by atoms with van der Waals surface area (Å²) in [5.41, 5.74) is 0.358. The first-order valence-electron chi connectivity index (χ1n) is 3.84. The molecule has 1 saturated carbocycles. The minimum atomic E-state index is -2.65. The third-order valence-corrected chi connectivity index (χ3v) is 2.36. The Morgan fingerprint density at radius 3 is 3.00 bits per heavy atom. The van der Waals surface area contributed by atoms with Crippen LogP contribution in [0.5, 0.6) is 0 Å². The quantitative estimate of drug-likeness (QED) is 0.643. The maximum absolute atomic E-state index is 12.8. The number of hydrogen-bond donors (Lipinski definition) is 1. The van der Waals surface area contributed by atoms with Crippen molar-refractivity contribution >= 4 is 5.71 Å². The van der Waals surface area contributed by atoms with Gasteiger partial charge in [-0.05, 0) is 0 Å². The third-order valence-electron chi connectivity index (χ3n) is 2.36. The molecule has 68 valence electrons. The van der Waals surface area contributed by atoms with Gasteiger partial charge < -0.3 is 9.94 Å². The lowest BCUT2D eigenvalue weighted by atomic mass is 10.0. The van der Waals surface area contributed by atoms with Gasteiger partial charge in [-0.3, -0.25) is 0 Å². The average Bonchev–Trinajstić information content (AvgIpc) is 2.42. The summed E-state index contributed by atoms with van der Waals surface area (Å²) in [6.45, 7) is -0.281. The lowest BCUT2D eigenvalue weighted by Crippen LogP contribution is -2.19. The average molecular weight is 177 g/mol. The zero-order chi connectivity index (χ0) is 8.77. The molecule has 0 saturated heterocycles. The number of alkyl halides is 2. The van der Waals surface area contributed by atoms with Gasteiger partial charge in [0, 0.05) is 12.3 Å². The van der Waals surface area contributed by atoms with Gasteiger partial charge >= 0.3 is 0 Å². The number of oxime groups is 1. The third kappa shape index (κ3) is 1.08. The molecule has 0 amide bonds. The Hall–Kier alpha value is -0.710. The normalized spacial score (nSPS) is 37.4. The molecule has 0 radical (unpaired) electrons. The number of fused-ring (bicyclic) bond motifs is 1. The molecule has 12 heavy (non-hydrogen) atoms. The van der Waals surface area contributed by atoms with Crippen molar-refractivity contribution in [2.24, 2.45) is 11.1 Å². The number of aliphatic hydroxyl groups excluding tert-OH is 1. The van der Waals surface area contributed by atoms with Crippen LogP contribution in [0.15, 0.2) is 5.16 Å². The Balaban J connectivity index is 2.12. The lowest BCUT2D eigenvalue weighted by molar-refractivity contribution is -0.0168. The lowest BCUT2D eigenvalue weighted by Gasteiger charge is -2.07. The van der Waals surface area contributed by atoms with Gasteiger partial charge in [0.15, 0.2) is 0 Å². The number of hydrogen-bond acceptors (Lipinski definition) is 3. The molecule has 2 unspecified atom stereocenters. The maximum Gasteiger partial charge on any atom is 0.252 e. The van der Waals surface area contributed by atoms with Crippen LogP contribution in [0.1, 0.15) is 12.8 Å². The molecule has 0 aromatic rings. The van der Waals surface area contributed by atoms with E-state index in [1.165, 1.54) is 0 Å². The molecule has 1 N–H and O–H groups in total. The molecule has 1 fully saturated rings. The van der Waals surface area contributed by atoms with E-state index in [-0.39, 0.29) is 25.4 Å². The highest BCUT2D eigenvalue weighted by atomic mass is 19.3. The van der Waals surface area contributed by atoms with Crippen LogP contribution in [0.2, 0.25) is 0 Å². The first kappa shape index (κ1) is 7.91. The Bertz CT molecular complexity index is 229. The molecule has 5 heteroatoms. The molecule has 2 rings (SSSR count). The van der Waals surface area contributed by atoms with Gasteiger partial charge in [-0.1, -0.05) is 5.16 Å². The van der Waals surface area contributed by atoms with Crippen molar-refractivity contribution in [2.75, 3.05) is 6.61 Å². The van der Waals surface area contributed by atoms with Crippen molar-refractivity contribution < 1.29 is 18.7 Å². The summed E-state index contributed by atoms with van der Waals surface area (Å²) >= 11 is 0. The zero-order valence-electron chi connectivity index (χ0n) is 6.33. The molecule has 1 heterocycles. The SMILES string of the molecule is OCC1=NOC2CC(F)(F)CC12. The highest BCUT2D eigenvalue weighted by Crippen LogP contribution is 2.43. The van der Waals surface area contributed by atoms with E-state index in [1.54, 1.807) is 0 Å². The van der Waals surface area contributed by atoms with E-state index in [9.17, 15) is 8.78 Å². The van der Waals surface area contributed by atoms with E-state index in [1.807, 2.05) is 0 Å². The van der Waals surface area contributed by atoms with Crippen LogP contribution >= 0.6 is 0 Å². The van der Waals surface area contributed by atoms with Crippen LogP contribution in [0, 0.1) is 5.92 Å². The molecule has 0 aromatic carbocycles. The van der Waals surface area contributed by atoms with E-state index < -0.39 is 12.0 Å². The van der Waals surface area contributed by atoms with Gasteiger partial charge in [-0.25, -0.2) is 8.78 Å². The smallest absolute Gasteiger partial charge is 0.252 e. The van der Waals surface area contributed by atoms with Crippen LogP contribution in [0.3, 0.4) is 0 Å². The summed E-state index contributed by atoms with van der Waals surface area (Å²) in [7, 11) is 0. The summed E-state index contributed by atoms with van der Waals surface area (Å²) in [5.74, 6) is -3.02. The van der Waals surface area contributed by atoms with E-state index in [0.29, 0.717) is 5.71 Å². The fourth-order valence-electron chi connectivity index (χ4n) is 1.77. The number of aliphatic hydroxyl groups is 1. The Morgan fingerprint density at radius 1 is 1.58 bits per heavy atom. The first-order valence-corrected chi connectivity index (χ1v) is 3.84. The number of rotatable bonds is 1. The predicted molar refractivity (Wildman–Crippen MR) is 37.1 cm³/mol. The van der Waals surface area contributed by atoms with Crippen molar-refractivity contribution in [3.05, 3.63) is 0 Å². The standard InChI is InChI=1S/C7H9F2NO2/c8-7(9)1-4-5(3-11)10-12-6(4)2-7/h4,6,11H,1-3H2. The van der Waals surface area contributed by atoms with Crippen molar-refractivity contribution in [1.82, 2.24) is 0 Å². The summed E-state index contributed by atoms with van der Waals surface area (Å²) in [6.07, 6.45) is -1.02. The summed E-state index contributed by atoms with van der Waals surface area (Å²) in [4.78, 5) is 4.76. The molecule has 1 aliphatic carbocycles. The second-order valence-corrected chi connectivity index (χ2v) is 3.26. The second kappa shape index (κ2) is 2.39. The first-order chi connectivity index (χ1) is 5.62. The fraction of sp³-hybridized carbons (Fsp3) is 0.857. The van der Waals surface area contributed by atoms with E-state index in [4.69, 9.17) is 9.94 Å². The van der Waals surface area contributed by atoms with Gasteiger partial charge in [0.25, 0.3) is 5.92 Å². The molecule has 1 aliphatic heterocycles. The second-order valence-electron chi connectivity index (χ2n) is 3.26. The summed E-state index contributed by atoms with van der Waals surface area (Å²) in [6, 6.07) is 0. The largest absolute Gasteiger partial charge is 0.392 e. The molecule has 0 aromatic heterocycles. The van der Waals surface area contributed by atoms with Crippen LogP contribution in [-0.2, 0) is 4.84 Å². The topological polar surface area (TPSA) is 41.8 Å². The number of halogens is 2. The molecule has 3 nitrogen and oxygen atoms in total. The van der Waals surface area contributed by atoms with Crippen LogP contribution in [0.25, 0.3) is 0 Å². The Morgan fingerprint density at radius 2 is 2.33 bits per heavy atom. The maximum atomic E-state index is 12.8. The van der Waals surface area contributed by atoms with Gasteiger partial charge in [0.1, 0.15) is 6.10 Å². The molecule has 0 spiro atoms. The Labute approximate surface area is 68.0 Å². The monoisotopic (exact) mass is 177 g/mol. The van der Waals surface area contributed by atoms with Crippen LogP contribution < -0.4 is 0 Å². The minimum Gasteiger partial charge on any atom is -0.392 e. The van der Waals surface area contributed by atoms with Crippen molar-refractivity contribution in [2.45, 2.75) is 24.9 Å². The van der Waals surface area contributed by atoms with Crippen molar-refractivity contribution in [1.29, 1.82) is 0 Å². The Kier molecular flexibility index (Phi) is 1.57. The van der Waals surface area contributed by atoms with Crippen LogP contribution in [0.4, 0.5) is 8.78 Å². The van der Waals surface area contributed by atoms with E-state index in [2.05, 4.69) is 5.16 Å². The van der Waals surface area contributed by atoms with Crippen molar-refractivity contribution in [3.63, 3.8) is 0 Å². The summed E-state index contributed by atoms with van der Waals surface area (Å²) < 4.78 is 25.5. The highest BCUT2D eigenvalue weighted by Gasteiger charge is 2.52. The molecule has 2 aliphatic rings. The summed E-state index contributed by atoms with van der Waals surface area (Å²) in [5, 5.41) is 12.3. The fourth-order valence-corrected chi connectivity index (χ4v) is 1.77. The molecule has 2 atom stereocenters. The molecular weight excluding hydrogens is 168 g/mol. The molecular formula is C7H9F2NO2.